The largest absolute Gasteiger partial charge is 0.205 e. The lowest BCUT2D eigenvalue weighted by atomic mass is 10.1. The van der Waals surface area contributed by atoms with Crippen LogP contribution in [0, 0.1) is 0 Å². The molecule has 4 heteroatoms. The fourth-order valence-corrected chi connectivity index (χ4v) is 9.09. The van der Waals surface area contributed by atoms with Crippen LogP contribution in [0.3, 0.4) is 0 Å². The minimum Gasteiger partial charge on any atom is -0.205 e. The molecule has 0 bridgehead atoms. The van der Waals surface area contributed by atoms with Crippen molar-refractivity contribution in [1.82, 2.24) is 0 Å². The Labute approximate surface area is 333 Å². The smallest absolute Gasteiger partial charge is 0.169 e. The summed E-state index contributed by atoms with van der Waals surface area (Å²) in [5, 5.41) is 0. The first-order valence-corrected chi connectivity index (χ1v) is 25.0. The molecule has 2 aromatic heterocycles. The van der Waals surface area contributed by atoms with Crippen LogP contribution in [0.15, 0.2) is 58.8 Å². The number of hydrogen-bond acceptors (Lipinski definition) is 2. The molecule has 2 rings (SSSR count). The predicted octanol–water partition coefficient (Wildman–Crippen LogP) is 15.7. The standard InChI is InChI=1S/C48H86N2S2/c1-3-5-7-9-11-13-15-17-19-23-27-31-39-49-41-35-47(36-42-49)51-45-33-29-25-21-22-26-30-34-46-52-48-37-43-50(44-38-48)40-32-28-24-20-18-16-14-12-10-8-6-4-2/h35-38,41-44H,3-34,39-40,45-46H2,1-2H3/q+2. The fraction of sp³-hybridized carbons (Fsp3) is 0.792. The van der Waals surface area contributed by atoms with Crippen LogP contribution in [0.25, 0.3) is 0 Å². The molecule has 0 fully saturated rings. The molecule has 2 heterocycles. The van der Waals surface area contributed by atoms with E-state index in [1.54, 1.807) is 0 Å². The lowest BCUT2D eigenvalue weighted by Crippen LogP contribution is -2.32. The molecule has 0 amide bonds. The summed E-state index contributed by atoms with van der Waals surface area (Å²) in [6, 6.07) is 9.33. The summed E-state index contributed by atoms with van der Waals surface area (Å²) in [6.45, 7) is 6.95. The normalized spacial score (nSPS) is 11.5. The van der Waals surface area contributed by atoms with Gasteiger partial charge in [0, 0.05) is 46.9 Å². The van der Waals surface area contributed by atoms with Gasteiger partial charge in [-0.05, 0) is 37.2 Å². The predicted molar refractivity (Wildman–Crippen MR) is 234 cm³/mol. The molecule has 298 valence electrons. The van der Waals surface area contributed by atoms with Gasteiger partial charge in [-0.1, -0.05) is 181 Å². The Morgan fingerprint density at radius 1 is 0.308 bits per heavy atom. The molecule has 0 saturated heterocycles. The van der Waals surface area contributed by atoms with E-state index in [0.717, 1.165) is 0 Å². The van der Waals surface area contributed by atoms with Crippen molar-refractivity contribution < 1.29 is 9.13 Å². The summed E-state index contributed by atoms with van der Waals surface area (Å²) in [4.78, 5) is 2.88. The number of nitrogens with zero attached hydrogens (tertiary/aromatic N) is 2. The fourth-order valence-electron chi connectivity index (χ4n) is 7.29. The number of pyridine rings is 2. The Kier molecular flexibility index (Phi) is 33.5. The van der Waals surface area contributed by atoms with Crippen LogP contribution in [0.5, 0.6) is 0 Å². The summed E-state index contributed by atoms with van der Waals surface area (Å²) in [5.41, 5.74) is 0. The number of thioether (sulfide) groups is 2. The average molecular weight is 755 g/mol. The van der Waals surface area contributed by atoms with Crippen molar-refractivity contribution in [3.8, 4) is 0 Å². The van der Waals surface area contributed by atoms with Crippen molar-refractivity contribution in [2.45, 2.75) is 242 Å². The third-order valence-electron chi connectivity index (χ3n) is 10.8. The molecule has 2 nitrogen and oxygen atoms in total. The van der Waals surface area contributed by atoms with E-state index in [2.05, 4.69) is 72.0 Å². The quantitative estimate of drug-likeness (QED) is 0.0381. The van der Waals surface area contributed by atoms with Crippen molar-refractivity contribution in [2.75, 3.05) is 11.5 Å². The molecule has 0 aliphatic rings. The number of unbranched alkanes of at least 4 members (excludes halogenated alkanes) is 29. The molecule has 0 atom stereocenters. The first kappa shape index (κ1) is 47.2. The van der Waals surface area contributed by atoms with Crippen LogP contribution in [-0.4, -0.2) is 11.5 Å². The van der Waals surface area contributed by atoms with Crippen LogP contribution >= 0.6 is 23.5 Å². The van der Waals surface area contributed by atoms with Gasteiger partial charge in [0.05, 0.1) is 0 Å². The third-order valence-corrected chi connectivity index (χ3v) is 13.0. The van der Waals surface area contributed by atoms with E-state index in [1.807, 2.05) is 23.5 Å². The summed E-state index contributed by atoms with van der Waals surface area (Å²) in [7, 11) is 0. The first-order valence-electron chi connectivity index (χ1n) is 23.1. The SMILES string of the molecule is CCCCCCCCCCCCCC[n+]1ccc(SCCCCCCCCCCSc2cc[n+](CCCCCCCCCCCCCC)cc2)cc1. The molecule has 0 aromatic carbocycles. The van der Waals surface area contributed by atoms with E-state index in [9.17, 15) is 0 Å². The van der Waals surface area contributed by atoms with Gasteiger partial charge in [-0.25, -0.2) is 9.13 Å². The first-order chi connectivity index (χ1) is 25.8. The van der Waals surface area contributed by atoms with Crippen molar-refractivity contribution in [3.05, 3.63) is 49.1 Å². The number of hydrogen-bond donors (Lipinski definition) is 0. The molecule has 0 radical (unpaired) electrons. The average Bonchev–Trinajstić information content (AvgIpc) is 3.17. The molecule has 0 saturated carbocycles. The lowest BCUT2D eigenvalue weighted by Gasteiger charge is -2.04. The summed E-state index contributed by atoms with van der Waals surface area (Å²) >= 11 is 4.09. The molecule has 0 unspecified atom stereocenters. The van der Waals surface area contributed by atoms with Gasteiger partial charge in [0.25, 0.3) is 0 Å². The van der Waals surface area contributed by atoms with Crippen LogP contribution in [-0.2, 0) is 13.1 Å². The van der Waals surface area contributed by atoms with Crippen LogP contribution in [0.4, 0.5) is 0 Å². The maximum atomic E-state index is 2.39. The number of rotatable bonds is 39. The van der Waals surface area contributed by atoms with Gasteiger partial charge >= 0.3 is 0 Å². The maximum Gasteiger partial charge on any atom is 0.169 e. The molecule has 0 aliphatic heterocycles. The van der Waals surface area contributed by atoms with E-state index < -0.39 is 0 Å². The zero-order valence-electron chi connectivity index (χ0n) is 34.8. The Bertz CT molecular complexity index is 911. The van der Waals surface area contributed by atoms with Crippen molar-refractivity contribution in [2.24, 2.45) is 0 Å². The number of aromatic nitrogens is 2. The minimum atomic E-state index is 1.17. The van der Waals surface area contributed by atoms with Gasteiger partial charge in [-0.2, -0.15) is 0 Å². The van der Waals surface area contributed by atoms with Gasteiger partial charge in [0.1, 0.15) is 13.1 Å². The lowest BCUT2D eigenvalue weighted by molar-refractivity contribution is -0.697. The topological polar surface area (TPSA) is 7.76 Å². The molecule has 0 N–H and O–H groups in total. The van der Waals surface area contributed by atoms with Gasteiger partial charge in [-0.3, -0.25) is 0 Å². The maximum absolute atomic E-state index is 2.39. The summed E-state index contributed by atoms with van der Waals surface area (Å²) in [5.74, 6) is 2.53. The van der Waals surface area contributed by atoms with Gasteiger partial charge in [-0.15, -0.1) is 23.5 Å². The monoisotopic (exact) mass is 755 g/mol. The molecule has 52 heavy (non-hydrogen) atoms. The second kappa shape index (κ2) is 36.9. The Morgan fingerprint density at radius 2 is 0.538 bits per heavy atom. The van der Waals surface area contributed by atoms with Crippen molar-refractivity contribution in [3.63, 3.8) is 0 Å². The van der Waals surface area contributed by atoms with E-state index in [4.69, 9.17) is 0 Å². The third kappa shape index (κ3) is 29.4. The highest BCUT2D eigenvalue weighted by atomic mass is 32.2. The van der Waals surface area contributed by atoms with Crippen LogP contribution in [0.2, 0.25) is 0 Å². The highest BCUT2D eigenvalue weighted by molar-refractivity contribution is 7.99. The molecule has 2 aromatic rings. The Morgan fingerprint density at radius 3 is 0.808 bits per heavy atom. The highest BCUT2D eigenvalue weighted by Crippen LogP contribution is 2.21. The van der Waals surface area contributed by atoms with Gasteiger partial charge in [0.2, 0.25) is 0 Å². The molecule has 0 aliphatic carbocycles. The van der Waals surface area contributed by atoms with Crippen LogP contribution < -0.4 is 9.13 Å². The van der Waals surface area contributed by atoms with Gasteiger partial charge in [0.15, 0.2) is 24.8 Å². The van der Waals surface area contributed by atoms with E-state index >= 15 is 0 Å². The minimum absolute atomic E-state index is 1.17. The molecule has 0 spiro atoms. The molecular weight excluding hydrogens is 669 g/mol. The summed E-state index contributed by atoms with van der Waals surface area (Å²) < 4.78 is 4.77. The highest BCUT2D eigenvalue weighted by Gasteiger charge is 2.04. The molecular formula is C48H86N2S2+2. The van der Waals surface area contributed by atoms with E-state index in [0.29, 0.717) is 0 Å². The summed E-state index contributed by atoms with van der Waals surface area (Å²) in [6.07, 6.45) is 54.5. The van der Waals surface area contributed by atoms with Crippen LogP contribution in [0.1, 0.15) is 219 Å². The Hall–Kier alpha value is -1.00. The second-order valence-electron chi connectivity index (χ2n) is 15.8. The zero-order valence-corrected chi connectivity index (χ0v) is 36.4. The van der Waals surface area contributed by atoms with E-state index in [1.165, 1.54) is 240 Å². The zero-order chi connectivity index (χ0) is 36.8. The van der Waals surface area contributed by atoms with Crippen molar-refractivity contribution >= 4 is 23.5 Å². The van der Waals surface area contributed by atoms with E-state index in [-0.39, 0.29) is 0 Å². The van der Waals surface area contributed by atoms with Gasteiger partial charge < -0.3 is 0 Å². The number of aryl methyl sites for hydroxylation is 2. The second-order valence-corrected chi connectivity index (χ2v) is 18.2. The van der Waals surface area contributed by atoms with Crippen molar-refractivity contribution in [1.29, 1.82) is 0 Å². The Balaban J connectivity index is 1.30.